The molecule has 2 rings (SSSR count). The molecule has 0 N–H and O–H groups in total. The van der Waals surface area contributed by atoms with E-state index in [0.29, 0.717) is 0 Å². The number of para-hydroxylation sites is 1. The zero-order chi connectivity index (χ0) is 8.97. The van der Waals surface area contributed by atoms with Crippen LogP contribution >= 0.6 is 0 Å². The Morgan fingerprint density at radius 3 is 2.36 bits per heavy atom. The first kappa shape index (κ1) is 16.5. The van der Waals surface area contributed by atoms with Crippen LogP contribution in [0.3, 0.4) is 0 Å². The summed E-state index contributed by atoms with van der Waals surface area (Å²) in [5, 5.41) is 0. The van der Waals surface area contributed by atoms with Gasteiger partial charge in [0, 0.05) is 32.7 Å². The van der Waals surface area contributed by atoms with Crippen LogP contribution in [0.25, 0.3) is 5.48 Å². The molecule has 0 saturated heterocycles. The second-order valence-corrected chi connectivity index (χ2v) is 2.41. The van der Waals surface area contributed by atoms with E-state index in [1.54, 1.807) is 0 Å². The van der Waals surface area contributed by atoms with Crippen molar-refractivity contribution in [3.05, 3.63) is 35.3 Å². The molecule has 14 heavy (non-hydrogen) atoms. The van der Waals surface area contributed by atoms with E-state index in [-0.39, 0.29) is 46.2 Å². The summed E-state index contributed by atoms with van der Waals surface area (Å²) in [5.41, 5.74) is 5.09. The van der Waals surface area contributed by atoms with Crippen molar-refractivity contribution in [1.82, 2.24) is 0 Å². The molecule has 2 nitrogen and oxygen atoms in total. The van der Waals surface area contributed by atoms with Crippen molar-refractivity contribution in [3.8, 4) is 5.75 Å². The first-order valence-corrected chi connectivity index (χ1v) is 4.34. The summed E-state index contributed by atoms with van der Waals surface area (Å²) in [6.45, 7) is 6.02. The molecule has 1 radical (unpaired) electrons. The van der Waals surface area contributed by atoms with Gasteiger partial charge in [0.1, 0.15) is 5.75 Å². The van der Waals surface area contributed by atoms with Gasteiger partial charge < -0.3 is 10.3 Å². The van der Waals surface area contributed by atoms with Gasteiger partial charge in [-0.2, -0.15) is 0 Å². The Hall–Kier alpha value is 0.0839. The second-order valence-electron chi connectivity index (χ2n) is 2.41. The van der Waals surface area contributed by atoms with Crippen molar-refractivity contribution < 1.29 is 37.5 Å². The van der Waals surface area contributed by atoms with Gasteiger partial charge in [-0.3, -0.25) is 0 Å². The average Bonchev–Trinajstić information content (AvgIpc) is 2.53. The second kappa shape index (κ2) is 8.40. The normalized spacial score (nSPS) is 16.1. The Labute approximate surface area is 112 Å². The summed E-state index contributed by atoms with van der Waals surface area (Å²) >= 11 is 0. The molecule has 0 spiro atoms. The van der Waals surface area contributed by atoms with E-state index >= 15 is 0 Å². The molecule has 1 aliphatic heterocycles. The number of fused-ring (bicyclic) bond motifs is 1. The summed E-state index contributed by atoms with van der Waals surface area (Å²) in [6.07, 6.45) is 0. The molecule has 77 valence electrons. The molecule has 1 heterocycles. The van der Waals surface area contributed by atoms with Gasteiger partial charge in [-0.25, -0.2) is 0 Å². The molecule has 1 aromatic carbocycles. The molecule has 1 aromatic rings. The van der Waals surface area contributed by atoms with Gasteiger partial charge in [0.15, 0.2) is 0 Å². The minimum absolute atomic E-state index is 0. The van der Waals surface area contributed by atoms with E-state index in [9.17, 15) is 0 Å². The molecule has 1 unspecified atom stereocenters. The third-order valence-corrected chi connectivity index (χ3v) is 1.68. The Bertz CT molecular complexity index is 253. The van der Waals surface area contributed by atoms with Gasteiger partial charge in [-0.1, -0.05) is 52.4 Å². The van der Waals surface area contributed by atoms with E-state index in [1.807, 2.05) is 45.0 Å². The van der Waals surface area contributed by atoms with Crippen LogP contribution in [0.1, 0.15) is 39.8 Å². The van der Waals surface area contributed by atoms with E-state index in [1.165, 1.54) is 5.56 Å². The molecule has 0 amide bonds. The molecule has 0 saturated carbocycles. The number of nitrogens with zero attached hydrogens (tertiary/aromatic N) is 1. The zero-order valence-corrected chi connectivity index (χ0v) is 11.2. The van der Waals surface area contributed by atoms with Crippen molar-refractivity contribution in [1.29, 1.82) is 0 Å². The molecule has 0 fully saturated rings. The van der Waals surface area contributed by atoms with Crippen LogP contribution in [0.4, 0.5) is 0 Å². The molecule has 3 heteroatoms. The maximum absolute atomic E-state index is 5.04. The van der Waals surface area contributed by atoms with Crippen molar-refractivity contribution in [3.63, 3.8) is 0 Å². The maximum Gasteiger partial charge on any atom is 0.103 e. The smallest absolute Gasteiger partial charge is 0.103 e. The van der Waals surface area contributed by atoms with Gasteiger partial charge in [-0.05, 0) is 11.6 Å². The van der Waals surface area contributed by atoms with Gasteiger partial charge in [0.25, 0.3) is 0 Å². The topological polar surface area (TPSA) is 23.3 Å². The molecule has 0 aromatic heterocycles. The van der Waals surface area contributed by atoms with Gasteiger partial charge in [-0.15, -0.1) is 0 Å². The zero-order valence-electron chi connectivity index (χ0n) is 8.32. The maximum atomic E-state index is 5.04. The molecule has 1 aliphatic rings. The minimum Gasteiger partial charge on any atom is -0.587 e. The fraction of sp³-hybridized carbons (Fsp3) is 0.455. The first-order chi connectivity index (χ1) is 5.88. The Morgan fingerprint density at radius 1 is 1.21 bits per heavy atom. The molecule has 0 aliphatic carbocycles. The van der Waals surface area contributed by atoms with Crippen LogP contribution in [0.15, 0.2) is 24.3 Å². The van der Waals surface area contributed by atoms with Crippen molar-refractivity contribution >= 4 is 0 Å². The van der Waals surface area contributed by atoms with E-state index in [2.05, 4.69) is 5.48 Å². The van der Waals surface area contributed by atoms with Crippen molar-refractivity contribution in [2.45, 2.75) is 34.2 Å². The molecule has 0 bridgehead atoms. The number of rotatable bonds is 0. The average molecular weight is 269 g/mol. The van der Waals surface area contributed by atoms with Crippen LogP contribution in [-0.4, -0.2) is 0 Å². The third-order valence-electron chi connectivity index (χ3n) is 1.68. The SMILES string of the molecule is C.CC.CC1[N-]Oc2ccccc21.[Y]. The number of hydrogen-bond acceptors (Lipinski definition) is 1. The van der Waals surface area contributed by atoms with Crippen LogP contribution in [0.5, 0.6) is 5.75 Å². The summed E-state index contributed by atoms with van der Waals surface area (Å²) in [7, 11) is 0. The fourth-order valence-electron chi connectivity index (χ4n) is 1.10. The van der Waals surface area contributed by atoms with Crippen LogP contribution in [-0.2, 0) is 32.7 Å². The number of benzene rings is 1. The monoisotopic (exact) mass is 269 g/mol. The Morgan fingerprint density at radius 2 is 1.79 bits per heavy atom. The number of hydrogen-bond donors (Lipinski definition) is 0. The van der Waals surface area contributed by atoms with E-state index in [0.717, 1.165) is 5.75 Å². The van der Waals surface area contributed by atoms with Crippen LogP contribution in [0, 0.1) is 0 Å². The summed E-state index contributed by atoms with van der Waals surface area (Å²) in [4.78, 5) is 5.04. The van der Waals surface area contributed by atoms with Crippen LogP contribution < -0.4 is 4.84 Å². The van der Waals surface area contributed by atoms with Crippen molar-refractivity contribution in [2.75, 3.05) is 0 Å². The van der Waals surface area contributed by atoms with Gasteiger partial charge in [0.2, 0.25) is 0 Å². The molecular weight excluding hydrogens is 251 g/mol. The summed E-state index contributed by atoms with van der Waals surface area (Å²) < 4.78 is 0. The number of hydroxylamine groups is 1. The van der Waals surface area contributed by atoms with Gasteiger partial charge in [0.05, 0.1) is 0 Å². The predicted octanol–water partition coefficient (Wildman–Crippen LogP) is 4.09. The Kier molecular flexibility index (Phi) is 9.90. The first-order valence-electron chi connectivity index (χ1n) is 4.34. The Balaban J connectivity index is 0. The van der Waals surface area contributed by atoms with E-state index < -0.39 is 0 Å². The molecule has 1 atom stereocenters. The van der Waals surface area contributed by atoms with Gasteiger partial charge >= 0.3 is 0 Å². The predicted molar refractivity (Wildman–Crippen MR) is 56.9 cm³/mol. The largest absolute Gasteiger partial charge is 0.587 e. The third kappa shape index (κ3) is 3.68. The molecular formula is C11H18NOY-. The standard InChI is InChI=1S/C8H8NO.C2H6.CH4.Y/c1-6-7-4-2-3-5-8(7)10-9-6;1-2;;/h2-6H,1H3;1-2H3;1H4;/q-1;;;. The van der Waals surface area contributed by atoms with Crippen molar-refractivity contribution in [2.24, 2.45) is 0 Å². The summed E-state index contributed by atoms with van der Waals surface area (Å²) in [6, 6.07) is 8.13. The van der Waals surface area contributed by atoms with Crippen LogP contribution in [0.2, 0.25) is 0 Å². The quantitative estimate of drug-likeness (QED) is 0.695. The van der Waals surface area contributed by atoms with E-state index in [4.69, 9.17) is 4.84 Å². The summed E-state index contributed by atoms with van der Waals surface area (Å²) in [5.74, 6) is 0.898. The fourth-order valence-corrected chi connectivity index (χ4v) is 1.10. The minimum atomic E-state index is 0.